The van der Waals surface area contributed by atoms with E-state index in [1.807, 2.05) is 0 Å². The maximum absolute atomic E-state index is 14.1. The molecule has 2 aliphatic heterocycles. The Kier molecular flexibility index (Phi) is 7.77. The lowest BCUT2D eigenvalue weighted by Crippen LogP contribution is -2.53. The Morgan fingerprint density at radius 1 is 1.22 bits per heavy atom. The number of anilines is 1. The van der Waals surface area contributed by atoms with Gasteiger partial charge in [-0.25, -0.2) is 4.79 Å². The summed E-state index contributed by atoms with van der Waals surface area (Å²) in [6, 6.07) is 1.21. The van der Waals surface area contributed by atoms with Crippen LogP contribution >= 0.6 is 11.8 Å². The highest BCUT2D eigenvalue weighted by Crippen LogP contribution is 2.46. The third-order valence-electron chi connectivity index (χ3n) is 6.18. The molecule has 0 bridgehead atoms. The number of thioether (sulfide) groups is 1. The van der Waals surface area contributed by atoms with Crippen molar-refractivity contribution >= 4 is 35.2 Å². The molecule has 0 radical (unpaired) electrons. The maximum Gasteiger partial charge on any atom is 0.417 e. The fourth-order valence-corrected chi connectivity index (χ4v) is 5.30. The molecule has 0 spiro atoms. The number of nitrogens with one attached hydrogen (secondary N) is 1. The summed E-state index contributed by atoms with van der Waals surface area (Å²) in [5, 5.41) is 4.14. The van der Waals surface area contributed by atoms with Gasteiger partial charge in [-0.05, 0) is 73.4 Å². The highest BCUT2D eigenvalue weighted by molar-refractivity contribution is 8.01. The molecule has 0 aliphatic carbocycles. The molecule has 1 saturated heterocycles. The third kappa shape index (κ3) is 5.99. The number of amides is 2. The van der Waals surface area contributed by atoms with Crippen molar-refractivity contribution in [3.05, 3.63) is 23.3 Å². The molecule has 1 aromatic carbocycles. The minimum atomic E-state index is -4.77. The monoisotopic (exact) mass is 529 g/mol. The van der Waals surface area contributed by atoms with E-state index in [2.05, 4.69) is 5.32 Å². The first-order valence-corrected chi connectivity index (χ1v) is 12.8. The topological polar surface area (TPSA) is 79.0 Å². The van der Waals surface area contributed by atoms with Crippen molar-refractivity contribution in [3.63, 3.8) is 0 Å². The van der Waals surface area contributed by atoms with Crippen LogP contribution in [0.4, 0.5) is 18.9 Å². The Bertz CT molecular complexity index is 1050. The standard InChI is InChI=1S/C25H34F3N3O4S/c1-14(2)31(15-9-8-10-30(13-15)35-22(34)23(3,4)5)20(32)16-11-18-19(12-17(16)25(26,27)28)36-24(6,7)21(33)29-18/h11-12,14-15H,8-10,13H2,1-7H3,(H,29,33)/t15-/m1/s1. The molecule has 1 fully saturated rings. The molecule has 0 unspecified atom stereocenters. The normalized spacial score (nSPS) is 20.5. The maximum atomic E-state index is 14.1. The smallest absolute Gasteiger partial charge is 0.367 e. The van der Waals surface area contributed by atoms with Gasteiger partial charge in [0.15, 0.2) is 0 Å². The van der Waals surface area contributed by atoms with E-state index in [4.69, 9.17) is 4.84 Å². The molecule has 7 nitrogen and oxygen atoms in total. The van der Waals surface area contributed by atoms with Gasteiger partial charge in [0.25, 0.3) is 5.91 Å². The summed E-state index contributed by atoms with van der Waals surface area (Å²) in [6.45, 7) is 12.6. The van der Waals surface area contributed by atoms with E-state index >= 15 is 0 Å². The van der Waals surface area contributed by atoms with E-state index in [1.165, 1.54) is 9.96 Å². The average Bonchev–Trinajstić information content (AvgIpc) is 2.72. The summed E-state index contributed by atoms with van der Waals surface area (Å²) in [5.74, 6) is -1.54. The Balaban J connectivity index is 1.97. The number of hydroxylamine groups is 2. The molecule has 11 heteroatoms. The highest BCUT2D eigenvalue weighted by Gasteiger charge is 2.42. The number of rotatable bonds is 4. The number of piperidine rings is 1. The van der Waals surface area contributed by atoms with E-state index in [-0.39, 0.29) is 23.0 Å². The van der Waals surface area contributed by atoms with Gasteiger partial charge < -0.3 is 15.1 Å². The summed E-state index contributed by atoms with van der Waals surface area (Å²) >= 11 is 1.03. The second-order valence-electron chi connectivity index (χ2n) is 11.1. The number of fused-ring (bicyclic) bond motifs is 1. The number of halogens is 3. The second-order valence-corrected chi connectivity index (χ2v) is 12.7. The van der Waals surface area contributed by atoms with Crippen molar-refractivity contribution in [1.29, 1.82) is 0 Å². The van der Waals surface area contributed by atoms with E-state index < -0.39 is 51.4 Å². The Labute approximate surface area is 214 Å². The lowest BCUT2D eigenvalue weighted by atomic mass is 9.97. The molecule has 3 rings (SSSR count). The van der Waals surface area contributed by atoms with Crippen LogP contribution in [-0.2, 0) is 20.6 Å². The summed E-state index contributed by atoms with van der Waals surface area (Å²) < 4.78 is 41.5. The molecule has 0 aromatic heterocycles. The Hall–Kier alpha value is -2.27. The van der Waals surface area contributed by atoms with Crippen LogP contribution in [0, 0.1) is 5.41 Å². The van der Waals surface area contributed by atoms with Gasteiger partial charge >= 0.3 is 12.1 Å². The van der Waals surface area contributed by atoms with Gasteiger partial charge in [0.05, 0.1) is 33.5 Å². The average molecular weight is 530 g/mol. The lowest BCUT2D eigenvalue weighted by Gasteiger charge is -2.41. The van der Waals surface area contributed by atoms with Crippen molar-refractivity contribution in [2.24, 2.45) is 5.41 Å². The number of hydrogen-bond donors (Lipinski definition) is 1. The van der Waals surface area contributed by atoms with Gasteiger partial charge in [0.2, 0.25) is 5.91 Å². The third-order valence-corrected chi connectivity index (χ3v) is 7.44. The van der Waals surface area contributed by atoms with E-state index in [0.717, 1.165) is 23.9 Å². The van der Waals surface area contributed by atoms with Gasteiger partial charge in [0.1, 0.15) is 0 Å². The van der Waals surface area contributed by atoms with E-state index in [9.17, 15) is 27.6 Å². The number of nitrogens with zero attached hydrogens (tertiary/aromatic N) is 2. The molecular weight excluding hydrogens is 495 g/mol. The summed E-state index contributed by atoms with van der Waals surface area (Å²) in [4.78, 5) is 45.7. The van der Waals surface area contributed by atoms with Gasteiger partial charge in [0, 0.05) is 23.5 Å². The van der Waals surface area contributed by atoms with Crippen LogP contribution in [0.3, 0.4) is 0 Å². The van der Waals surface area contributed by atoms with Gasteiger partial charge in [-0.3, -0.25) is 9.59 Å². The molecule has 36 heavy (non-hydrogen) atoms. The lowest BCUT2D eigenvalue weighted by molar-refractivity contribution is -0.208. The zero-order valence-corrected chi connectivity index (χ0v) is 22.5. The number of alkyl halides is 3. The summed E-state index contributed by atoms with van der Waals surface area (Å²) in [6.07, 6.45) is -3.60. The fourth-order valence-electron chi connectivity index (χ4n) is 4.21. The van der Waals surface area contributed by atoms with Crippen LogP contribution in [-0.4, -0.2) is 57.7 Å². The van der Waals surface area contributed by atoms with Gasteiger partial charge in [-0.2, -0.15) is 13.2 Å². The minimum Gasteiger partial charge on any atom is -0.367 e. The van der Waals surface area contributed by atoms with Gasteiger partial charge in [-0.1, -0.05) is 0 Å². The van der Waals surface area contributed by atoms with Crippen LogP contribution in [0.5, 0.6) is 0 Å². The second kappa shape index (κ2) is 9.89. The number of benzene rings is 1. The van der Waals surface area contributed by atoms with Crippen molar-refractivity contribution in [2.75, 3.05) is 18.4 Å². The van der Waals surface area contributed by atoms with Crippen LogP contribution in [0.15, 0.2) is 17.0 Å². The van der Waals surface area contributed by atoms with Crippen LogP contribution < -0.4 is 5.32 Å². The van der Waals surface area contributed by atoms with Crippen LogP contribution in [0.2, 0.25) is 0 Å². The quantitative estimate of drug-likeness (QED) is 0.567. The molecule has 1 atom stereocenters. The van der Waals surface area contributed by atoms with E-state index in [1.54, 1.807) is 48.5 Å². The largest absolute Gasteiger partial charge is 0.417 e. The highest BCUT2D eigenvalue weighted by atomic mass is 32.2. The van der Waals surface area contributed by atoms with Crippen molar-refractivity contribution in [1.82, 2.24) is 9.96 Å². The number of hydrogen-bond acceptors (Lipinski definition) is 6. The number of carbonyl (C=O) groups is 3. The summed E-state index contributed by atoms with van der Waals surface area (Å²) in [5.41, 5.74) is -2.08. The SMILES string of the molecule is CC(C)N(C(=O)c1cc2c(cc1C(F)(F)F)SC(C)(C)C(=O)N2)[C@@H]1CCCN(OC(=O)C(C)(C)C)C1. The molecule has 1 aromatic rings. The number of carbonyl (C=O) groups excluding carboxylic acids is 3. The molecule has 1 N–H and O–H groups in total. The van der Waals surface area contributed by atoms with Gasteiger partial charge in [-0.15, -0.1) is 16.8 Å². The predicted molar refractivity (Wildman–Crippen MR) is 131 cm³/mol. The van der Waals surface area contributed by atoms with Crippen molar-refractivity contribution < 1.29 is 32.4 Å². The molecule has 2 aliphatic rings. The van der Waals surface area contributed by atoms with Crippen LogP contribution in [0.25, 0.3) is 0 Å². The Morgan fingerprint density at radius 3 is 2.42 bits per heavy atom. The first-order chi connectivity index (χ1) is 16.4. The molecular formula is C25H34F3N3O4S. The summed E-state index contributed by atoms with van der Waals surface area (Å²) in [7, 11) is 0. The zero-order chi connectivity index (χ0) is 27.2. The molecule has 200 valence electrons. The first-order valence-electron chi connectivity index (χ1n) is 12.0. The van der Waals surface area contributed by atoms with Crippen LogP contribution in [0.1, 0.15) is 77.2 Å². The fraction of sp³-hybridized carbons (Fsp3) is 0.640. The van der Waals surface area contributed by atoms with Crippen molar-refractivity contribution in [2.45, 2.75) is 89.2 Å². The molecule has 2 heterocycles. The molecule has 2 amide bonds. The van der Waals surface area contributed by atoms with Crippen molar-refractivity contribution in [3.8, 4) is 0 Å². The molecule has 0 saturated carbocycles. The Morgan fingerprint density at radius 2 is 1.86 bits per heavy atom. The zero-order valence-electron chi connectivity index (χ0n) is 21.7. The minimum absolute atomic E-state index is 0.189. The predicted octanol–water partition coefficient (Wildman–Crippen LogP) is 5.35. The first kappa shape index (κ1) is 28.3. The van der Waals surface area contributed by atoms with E-state index in [0.29, 0.717) is 19.4 Å².